The summed E-state index contributed by atoms with van der Waals surface area (Å²) in [6, 6.07) is 1.90. The van der Waals surface area contributed by atoms with Crippen LogP contribution in [0.25, 0.3) is 11.0 Å². The highest BCUT2D eigenvalue weighted by Gasteiger charge is 2.41. The van der Waals surface area contributed by atoms with E-state index >= 15 is 0 Å². The highest BCUT2D eigenvalue weighted by molar-refractivity contribution is 6.31. The Morgan fingerprint density at radius 2 is 1.77 bits per heavy atom. The van der Waals surface area contributed by atoms with E-state index in [1.807, 2.05) is 0 Å². The Kier molecular flexibility index (Phi) is 8.45. The number of alkyl halides is 3. The van der Waals surface area contributed by atoms with Crippen LogP contribution in [0, 0.1) is 10.1 Å². The molecule has 0 aliphatic heterocycles. The lowest BCUT2D eigenvalue weighted by Crippen LogP contribution is -2.22. The summed E-state index contributed by atoms with van der Waals surface area (Å²) in [5.74, 6) is -1.59. The average Bonchev–Trinajstić information content (AvgIpc) is 3.05. The van der Waals surface area contributed by atoms with Crippen LogP contribution in [0.5, 0.6) is 0 Å². The number of hydrogen-bond donors (Lipinski definition) is 0. The highest BCUT2D eigenvalue weighted by atomic mass is 35.5. The third kappa shape index (κ3) is 6.07. The Labute approximate surface area is 176 Å². The molecule has 30 heavy (non-hydrogen) atoms. The number of nitro groups is 1. The Bertz CT molecular complexity index is 899. The normalized spacial score (nSPS) is 11.8. The van der Waals surface area contributed by atoms with Crippen LogP contribution in [0.4, 0.5) is 23.7 Å². The van der Waals surface area contributed by atoms with Crippen LogP contribution in [-0.4, -0.2) is 27.2 Å². The van der Waals surface area contributed by atoms with Gasteiger partial charge in [-0.1, -0.05) is 63.5 Å². The molecule has 2 rings (SSSR count). The fourth-order valence-electron chi connectivity index (χ4n) is 3.10. The molecule has 0 fully saturated rings. The largest absolute Gasteiger partial charge is 0.450 e. The zero-order chi connectivity index (χ0) is 22.3. The second kappa shape index (κ2) is 10.6. The van der Waals surface area contributed by atoms with Gasteiger partial charge in [-0.15, -0.1) is 0 Å². The van der Waals surface area contributed by atoms with Crippen LogP contribution < -0.4 is 0 Å². The van der Waals surface area contributed by atoms with Gasteiger partial charge in [0.15, 0.2) is 5.52 Å². The fourth-order valence-corrected chi connectivity index (χ4v) is 3.31. The topological polar surface area (TPSA) is 87.3 Å². The van der Waals surface area contributed by atoms with Gasteiger partial charge < -0.3 is 4.74 Å². The predicted octanol–water partition coefficient (Wildman–Crippen LogP) is 6.74. The molecule has 0 spiro atoms. The molecule has 0 radical (unpaired) electrons. The minimum atomic E-state index is -5.02. The van der Waals surface area contributed by atoms with Gasteiger partial charge in [0.2, 0.25) is 5.82 Å². The third-order valence-corrected chi connectivity index (χ3v) is 4.78. The second-order valence-electron chi connectivity index (χ2n) is 6.91. The van der Waals surface area contributed by atoms with Crippen molar-refractivity contribution >= 4 is 34.4 Å². The molecule has 7 nitrogen and oxygen atoms in total. The lowest BCUT2D eigenvalue weighted by molar-refractivity contribution is -0.383. The molecular formula is C19H23ClF3N3O4. The molecule has 0 aliphatic rings. The Hall–Kier alpha value is -2.36. The van der Waals surface area contributed by atoms with Gasteiger partial charge in [0.05, 0.1) is 17.0 Å². The molecule has 0 bridgehead atoms. The van der Waals surface area contributed by atoms with Gasteiger partial charge in [0, 0.05) is 11.1 Å². The number of fused-ring (bicyclic) bond motifs is 1. The van der Waals surface area contributed by atoms with Gasteiger partial charge in [0.25, 0.3) is 5.69 Å². The highest BCUT2D eigenvalue weighted by Crippen LogP contribution is 2.36. The number of carbonyl (C=O) groups is 1. The van der Waals surface area contributed by atoms with E-state index in [0.29, 0.717) is 6.42 Å². The number of hydrogen-bond acceptors (Lipinski definition) is 5. The zero-order valence-corrected chi connectivity index (χ0v) is 17.3. The summed E-state index contributed by atoms with van der Waals surface area (Å²) in [6.07, 6.45) is 1.64. The first kappa shape index (κ1) is 23.9. The van der Waals surface area contributed by atoms with Crippen LogP contribution in [0.15, 0.2) is 12.1 Å². The monoisotopic (exact) mass is 449 g/mol. The summed E-state index contributed by atoms with van der Waals surface area (Å²) in [4.78, 5) is 25.9. The first-order valence-corrected chi connectivity index (χ1v) is 10.1. The Morgan fingerprint density at radius 1 is 1.17 bits per heavy atom. The molecule has 1 aromatic carbocycles. The molecule has 1 heterocycles. The van der Waals surface area contributed by atoms with Gasteiger partial charge in [-0.2, -0.15) is 13.2 Å². The van der Waals surface area contributed by atoms with Crippen molar-refractivity contribution in [2.24, 2.45) is 0 Å². The first-order valence-electron chi connectivity index (χ1n) is 9.77. The number of non-ortho nitro benzene ring substituents is 1. The van der Waals surface area contributed by atoms with E-state index in [0.717, 1.165) is 44.2 Å². The van der Waals surface area contributed by atoms with Crippen molar-refractivity contribution in [2.75, 3.05) is 6.61 Å². The molecule has 11 heteroatoms. The van der Waals surface area contributed by atoms with E-state index in [2.05, 4.69) is 11.9 Å². The first-order chi connectivity index (χ1) is 14.2. The van der Waals surface area contributed by atoms with Gasteiger partial charge in [-0.05, 0) is 12.5 Å². The molecule has 0 saturated carbocycles. The molecule has 0 N–H and O–H groups in total. The zero-order valence-electron chi connectivity index (χ0n) is 16.5. The maximum absolute atomic E-state index is 13.4. The summed E-state index contributed by atoms with van der Waals surface area (Å²) in [5, 5.41) is 11.0. The molecule has 166 valence electrons. The van der Waals surface area contributed by atoms with Crippen molar-refractivity contribution in [2.45, 2.75) is 64.5 Å². The van der Waals surface area contributed by atoms with Crippen LogP contribution >= 0.6 is 11.6 Å². The van der Waals surface area contributed by atoms with Gasteiger partial charge in [-0.3, -0.25) is 10.1 Å². The number of nitro benzene ring substituents is 1. The molecule has 0 aliphatic carbocycles. The van der Waals surface area contributed by atoms with Crippen molar-refractivity contribution < 1.29 is 27.6 Å². The number of benzene rings is 1. The molecule has 0 unspecified atom stereocenters. The van der Waals surface area contributed by atoms with Crippen LogP contribution in [0.2, 0.25) is 5.02 Å². The third-order valence-electron chi connectivity index (χ3n) is 4.56. The quantitative estimate of drug-likeness (QED) is 0.227. The smallest absolute Gasteiger partial charge is 0.449 e. The van der Waals surface area contributed by atoms with E-state index in [9.17, 15) is 28.1 Å². The average molecular weight is 450 g/mol. The predicted molar refractivity (Wildman–Crippen MR) is 106 cm³/mol. The number of imidazole rings is 1. The van der Waals surface area contributed by atoms with Gasteiger partial charge >= 0.3 is 12.3 Å². The molecule has 0 saturated heterocycles. The maximum atomic E-state index is 13.4. The summed E-state index contributed by atoms with van der Waals surface area (Å²) in [6.45, 7) is 2.07. The summed E-state index contributed by atoms with van der Waals surface area (Å²) in [5.41, 5.74) is -1.74. The standard InChI is InChI=1S/C19H23ClF3N3O4/c1-2-3-4-5-6-7-8-9-10-30-18(27)25-14-11-13(20)12-15(26(28)29)16(14)24-17(25)19(21,22)23/h11-12H,2-10H2,1H3. The molecule has 2 aromatic rings. The van der Waals surface area contributed by atoms with Crippen molar-refractivity contribution in [3.05, 3.63) is 33.1 Å². The van der Waals surface area contributed by atoms with Crippen molar-refractivity contribution in [1.29, 1.82) is 0 Å². The number of nitrogens with zero attached hydrogens (tertiary/aromatic N) is 3. The van der Waals surface area contributed by atoms with Crippen molar-refractivity contribution in [3.63, 3.8) is 0 Å². The van der Waals surface area contributed by atoms with Crippen molar-refractivity contribution in [3.8, 4) is 0 Å². The van der Waals surface area contributed by atoms with Crippen molar-refractivity contribution in [1.82, 2.24) is 9.55 Å². The van der Waals surface area contributed by atoms with Gasteiger partial charge in [0.1, 0.15) is 0 Å². The number of rotatable bonds is 10. The van der Waals surface area contributed by atoms with Crippen LogP contribution in [0.1, 0.15) is 64.1 Å². The SMILES string of the molecule is CCCCCCCCCCOC(=O)n1c(C(F)(F)F)nc2c([N+](=O)[O-])cc(Cl)cc21. The van der Waals surface area contributed by atoms with E-state index in [1.54, 1.807) is 0 Å². The minimum absolute atomic E-state index is 0.0621. The molecule has 0 amide bonds. The van der Waals surface area contributed by atoms with E-state index in [1.165, 1.54) is 12.8 Å². The Balaban J connectivity index is 2.12. The molecule has 1 aromatic heterocycles. The number of aromatic nitrogens is 2. The van der Waals surface area contributed by atoms with Crippen LogP contribution in [0.3, 0.4) is 0 Å². The number of carbonyl (C=O) groups excluding carboxylic acids is 1. The fraction of sp³-hybridized carbons (Fsp3) is 0.579. The number of halogens is 4. The maximum Gasteiger partial charge on any atom is 0.450 e. The summed E-state index contributed by atoms with van der Waals surface area (Å²) >= 11 is 5.80. The van der Waals surface area contributed by atoms with E-state index in [-0.39, 0.29) is 16.2 Å². The number of unbranched alkanes of at least 4 members (excludes halogenated alkanes) is 7. The van der Waals surface area contributed by atoms with E-state index in [4.69, 9.17) is 16.3 Å². The lowest BCUT2D eigenvalue weighted by Gasteiger charge is -2.11. The van der Waals surface area contributed by atoms with Gasteiger partial charge in [-0.25, -0.2) is 14.3 Å². The van der Waals surface area contributed by atoms with Crippen LogP contribution in [-0.2, 0) is 10.9 Å². The summed E-state index contributed by atoms with van der Waals surface area (Å²) < 4.78 is 45.4. The second-order valence-corrected chi connectivity index (χ2v) is 7.34. The molecule has 0 atom stereocenters. The minimum Gasteiger partial charge on any atom is -0.449 e. The lowest BCUT2D eigenvalue weighted by atomic mass is 10.1. The Morgan fingerprint density at radius 3 is 2.33 bits per heavy atom. The molecular weight excluding hydrogens is 427 g/mol. The van der Waals surface area contributed by atoms with E-state index < -0.39 is 39.7 Å². The number of ether oxygens (including phenoxy) is 1. The summed E-state index contributed by atoms with van der Waals surface area (Å²) in [7, 11) is 0.